The summed E-state index contributed by atoms with van der Waals surface area (Å²) in [6, 6.07) is 7.33. The van der Waals surface area contributed by atoms with Gasteiger partial charge in [-0.05, 0) is 37.0 Å². The first kappa shape index (κ1) is 16.8. The van der Waals surface area contributed by atoms with Crippen LogP contribution in [0.3, 0.4) is 0 Å². The zero-order chi connectivity index (χ0) is 15.2. The molecule has 0 bridgehead atoms. The standard InChI is InChI=1S/C15H23F3N2/c1-3-9-20(11-15(16,17)18)14-7-5-12(6-8-14)10-13(19)4-2/h5-8,13H,3-4,9-11,19H2,1-2H3. The molecule has 0 aliphatic heterocycles. The summed E-state index contributed by atoms with van der Waals surface area (Å²) in [5, 5.41) is 0. The second-order valence-electron chi connectivity index (χ2n) is 5.08. The first-order valence-corrected chi connectivity index (χ1v) is 7.02. The summed E-state index contributed by atoms with van der Waals surface area (Å²) in [6.45, 7) is 3.38. The van der Waals surface area contributed by atoms with E-state index < -0.39 is 12.7 Å². The van der Waals surface area contributed by atoms with Crippen molar-refractivity contribution in [2.24, 2.45) is 5.73 Å². The van der Waals surface area contributed by atoms with Gasteiger partial charge in [0, 0.05) is 18.3 Å². The van der Waals surface area contributed by atoms with E-state index in [1.54, 1.807) is 12.1 Å². The first-order chi connectivity index (χ1) is 9.35. The molecule has 0 aromatic heterocycles. The molecule has 1 atom stereocenters. The molecule has 2 N–H and O–H groups in total. The maximum Gasteiger partial charge on any atom is 0.405 e. The van der Waals surface area contributed by atoms with Crippen LogP contribution in [0.5, 0.6) is 0 Å². The number of benzene rings is 1. The average Bonchev–Trinajstić information content (AvgIpc) is 2.37. The molecule has 0 saturated heterocycles. The molecule has 114 valence electrons. The molecule has 0 amide bonds. The van der Waals surface area contributed by atoms with Gasteiger partial charge in [0.15, 0.2) is 0 Å². The van der Waals surface area contributed by atoms with E-state index >= 15 is 0 Å². The number of halogens is 3. The molecule has 0 radical (unpaired) electrons. The van der Waals surface area contributed by atoms with Gasteiger partial charge in [0.2, 0.25) is 0 Å². The first-order valence-electron chi connectivity index (χ1n) is 7.02. The maximum atomic E-state index is 12.6. The van der Waals surface area contributed by atoms with E-state index in [0.717, 1.165) is 18.4 Å². The second kappa shape index (κ2) is 7.53. The average molecular weight is 288 g/mol. The van der Waals surface area contributed by atoms with Gasteiger partial charge in [-0.15, -0.1) is 0 Å². The van der Waals surface area contributed by atoms with Crippen molar-refractivity contribution in [3.63, 3.8) is 0 Å². The van der Waals surface area contributed by atoms with Crippen molar-refractivity contribution in [2.45, 2.75) is 45.3 Å². The van der Waals surface area contributed by atoms with Crippen molar-refractivity contribution in [1.82, 2.24) is 0 Å². The Morgan fingerprint density at radius 1 is 1.15 bits per heavy atom. The molecule has 1 aromatic carbocycles. The van der Waals surface area contributed by atoms with Gasteiger partial charge in [-0.2, -0.15) is 13.2 Å². The van der Waals surface area contributed by atoms with E-state index in [4.69, 9.17) is 5.73 Å². The van der Waals surface area contributed by atoms with Gasteiger partial charge in [-0.25, -0.2) is 0 Å². The van der Waals surface area contributed by atoms with Gasteiger partial charge < -0.3 is 10.6 Å². The minimum Gasteiger partial charge on any atom is -0.363 e. The summed E-state index contributed by atoms with van der Waals surface area (Å²) in [5.41, 5.74) is 7.55. The van der Waals surface area contributed by atoms with Crippen LogP contribution in [0.1, 0.15) is 32.3 Å². The molecule has 0 aliphatic rings. The van der Waals surface area contributed by atoms with Crippen LogP contribution in [-0.2, 0) is 6.42 Å². The van der Waals surface area contributed by atoms with Gasteiger partial charge in [-0.1, -0.05) is 26.0 Å². The highest BCUT2D eigenvalue weighted by Gasteiger charge is 2.30. The molecule has 0 saturated carbocycles. The quantitative estimate of drug-likeness (QED) is 0.828. The second-order valence-corrected chi connectivity index (χ2v) is 5.08. The van der Waals surface area contributed by atoms with Crippen molar-refractivity contribution < 1.29 is 13.2 Å². The summed E-state index contributed by atoms with van der Waals surface area (Å²) in [7, 11) is 0. The third-order valence-corrected chi connectivity index (χ3v) is 3.19. The Hall–Kier alpha value is -1.23. The lowest BCUT2D eigenvalue weighted by molar-refractivity contribution is -0.119. The lowest BCUT2D eigenvalue weighted by atomic mass is 10.0. The van der Waals surface area contributed by atoms with Gasteiger partial charge in [0.1, 0.15) is 6.54 Å². The molecule has 1 unspecified atom stereocenters. The van der Waals surface area contributed by atoms with Crippen molar-refractivity contribution in [2.75, 3.05) is 18.0 Å². The molecule has 0 heterocycles. The van der Waals surface area contributed by atoms with Crippen molar-refractivity contribution >= 4 is 5.69 Å². The van der Waals surface area contributed by atoms with E-state index in [1.165, 1.54) is 4.90 Å². The Bertz CT molecular complexity index is 387. The minimum atomic E-state index is -4.18. The molecule has 2 nitrogen and oxygen atoms in total. The predicted molar refractivity (Wildman–Crippen MR) is 77.0 cm³/mol. The van der Waals surface area contributed by atoms with Crippen LogP contribution in [0.4, 0.5) is 18.9 Å². The van der Waals surface area contributed by atoms with E-state index in [9.17, 15) is 13.2 Å². The van der Waals surface area contributed by atoms with Gasteiger partial charge in [0.25, 0.3) is 0 Å². The predicted octanol–water partition coefficient (Wildman–Crippen LogP) is 3.75. The monoisotopic (exact) mass is 288 g/mol. The Morgan fingerprint density at radius 3 is 2.20 bits per heavy atom. The maximum absolute atomic E-state index is 12.6. The number of hydrogen-bond donors (Lipinski definition) is 1. The number of rotatable bonds is 7. The van der Waals surface area contributed by atoms with Gasteiger partial charge in [-0.3, -0.25) is 0 Å². The molecule has 1 aromatic rings. The molecule has 20 heavy (non-hydrogen) atoms. The van der Waals surface area contributed by atoms with E-state index in [2.05, 4.69) is 0 Å². The largest absolute Gasteiger partial charge is 0.405 e. The topological polar surface area (TPSA) is 29.3 Å². The highest BCUT2D eigenvalue weighted by molar-refractivity contribution is 5.48. The molecular weight excluding hydrogens is 265 g/mol. The van der Waals surface area contributed by atoms with Crippen LogP contribution >= 0.6 is 0 Å². The van der Waals surface area contributed by atoms with Crippen LogP contribution in [-0.4, -0.2) is 25.3 Å². The summed E-state index contributed by atoms with van der Waals surface area (Å²) in [5.74, 6) is 0. The van der Waals surface area contributed by atoms with Crippen LogP contribution in [0, 0.1) is 0 Å². The van der Waals surface area contributed by atoms with Crippen LogP contribution in [0.25, 0.3) is 0 Å². The van der Waals surface area contributed by atoms with E-state index in [-0.39, 0.29) is 6.04 Å². The highest BCUT2D eigenvalue weighted by atomic mass is 19.4. The lowest BCUT2D eigenvalue weighted by Crippen LogP contribution is -2.34. The summed E-state index contributed by atoms with van der Waals surface area (Å²) in [4.78, 5) is 1.36. The zero-order valence-electron chi connectivity index (χ0n) is 12.1. The summed E-state index contributed by atoms with van der Waals surface area (Å²) < 4.78 is 37.7. The van der Waals surface area contributed by atoms with E-state index in [1.807, 2.05) is 26.0 Å². The molecule has 0 spiro atoms. The van der Waals surface area contributed by atoms with Crippen molar-refractivity contribution in [3.05, 3.63) is 29.8 Å². The fourth-order valence-electron chi connectivity index (χ4n) is 2.08. The Kier molecular flexibility index (Phi) is 6.33. The summed E-state index contributed by atoms with van der Waals surface area (Å²) >= 11 is 0. The molecule has 5 heteroatoms. The minimum absolute atomic E-state index is 0.0998. The normalized spacial score (nSPS) is 13.3. The third kappa shape index (κ3) is 5.82. The number of nitrogens with zero attached hydrogens (tertiary/aromatic N) is 1. The van der Waals surface area contributed by atoms with Crippen LogP contribution < -0.4 is 10.6 Å². The highest BCUT2D eigenvalue weighted by Crippen LogP contribution is 2.23. The summed E-state index contributed by atoms with van der Waals surface area (Å²) in [6.07, 6.45) is -1.86. The van der Waals surface area contributed by atoms with Crippen LogP contribution in [0.2, 0.25) is 0 Å². The fraction of sp³-hybridized carbons (Fsp3) is 0.600. The molecule has 1 rings (SSSR count). The number of hydrogen-bond acceptors (Lipinski definition) is 2. The molecular formula is C15H23F3N2. The van der Waals surface area contributed by atoms with E-state index in [0.29, 0.717) is 18.7 Å². The fourth-order valence-corrected chi connectivity index (χ4v) is 2.08. The Labute approximate surface area is 118 Å². The Morgan fingerprint density at radius 2 is 1.75 bits per heavy atom. The molecule has 0 fully saturated rings. The zero-order valence-corrected chi connectivity index (χ0v) is 12.1. The van der Waals surface area contributed by atoms with Gasteiger partial charge in [0.05, 0.1) is 0 Å². The number of nitrogens with two attached hydrogens (primary N) is 1. The van der Waals surface area contributed by atoms with Crippen molar-refractivity contribution in [1.29, 1.82) is 0 Å². The molecule has 0 aliphatic carbocycles. The smallest absolute Gasteiger partial charge is 0.363 e. The SMILES string of the molecule is CCCN(CC(F)(F)F)c1ccc(CC(N)CC)cc1. The number of anilines is 1. The lowest BCUT2D eigenvalue weighted by Gasteiger charge is -2.25. The number of alkyl halides is 3. The third-order valence-electron chi connectivity index (χ3n) is 3.19. The Balaban J connectivity index is 2.77. The van der Waals surface area contributed by atoms with Gasteiger partial charge >= 0.3 is 6.18 Å². The van der Waals surface area contributed by atoms with Crippen LogP contribution in [0.15, 0.2) is 24.3 Å². The van der Waals surface area contributed by atoms with Crippen molar-refractivity contribution in [3.8, 4) is 0 Å².